The van der Waals surface area contributed by atoms with Gasteiger partial charge in [-0.05, 0) is 12.0 Å². The number of benzene rings is 1. The quantitative estimate of drug-likeness (QED) is 0.878. The predicted octanol–water partition coefficient (Wildman–Crippen LogP) is 1.06. The number of hydrogen-bond acceptors (Lipinski definition) is 3. The zero-order valence-electron chi connectivity index (χ0n) is 9.61. The molecule has 0 bridgehead atoms. The van der Waals surface area contributed by atoms with E-state index in [2.05, 4.69) is 0 Å². The first-order valence-corrected chi connectivity index (χ1v) is 5.73. The van der Waals surface area contributed by atoms with Gasteiger partial charge in [-0.25, -0.2) is 8.78 Å². The molecule has 1 aliphatic rings. The SMILES string of the molecule is O=C([O-])C(O)(c1ccccc1)C1CCC(F)(F)C1. The molecule has 0 aliphatic heterocycles. The molecule has 98 valence electrons. The molecule has 1 saturated carbocycles. The molecule has 5 heteroatoms. The van der Waals surface area contributed by atoms with Gasteiger partial charge < -0.3 is 15.0 Å². The van der Waals surface area contributed by atoms with E-state index in [1.54, 1.807) is 18.2 Å². The number of aliphatic hydroxyl groups is 1. The molecule has 3 nitrogen and oxygen atoms in total. The van der Waals surface area contributed by atoms with Crippen molar-refractivity contribution in [1.29, 1.82) is 0 Å². The van der Waals surface area contributed by atoms with Crippen molar-refractivity contribution in [2.24, 2.45) is 5.92 Å². The molecular weight excluding hydrogens is 242 g/mol. The number of carboxylic acids is 1. The Hall–Kier alpha value is -1.49. The van der Waals surface area contributed by atoms with E-state index in [0.29, 0.717) is 0 Å². The molecule has 2 unspecified atom stereocenters. The average molecular weight is 255 g/mol. The van der Waals surface area contributed by atoms with Crippen LogP contribution in [-0.2, 0) is 10.4 Å². The summed E-state index contributed by atoms with van der Waals surface area (Å²) < 4.78 is 26.4. The topological polar surface area (TPSA) is 60.4 Å². The van der Waals surface area contributed by atoms with Crippen LogP contribution in [0.4, 0.5) is 8.78 Å². The standard InChI is InChI=1S/C13H14F2O3/c14-12(15)7-6-10(8-12)13(18,11(16)17)9-4-2-1-3-5-9/h1-5,10,18H,6-8H2,(H,16,17)/p-1. The fourth-order valence-corrected chi connectivity index (χ4v) is 2.52. The highest BCUT2D eigenvalue weighted by Gasteiger charge is 2.50. The van der Waals surface area contributed by atoms with Gasteiger partial charge in [0.1, 0.15) is 5.60 Å². The van der Waals surface area contributed by atoms with Gasteiger partial charge in [-0.15, -0.1) is 0 Å². The number of aliphatic carboxylic acids is 1. The van der Waals surface area contributed by atoms with Crippen LogP contribution < -0.4 is 5.11 Å². The van der Waals surface area contributed by atoms with Crippen molar-refractivity contribution < 1.29 is 23.8 Å². The van der Waals surface area contributed by atoms with Crippen LogP contribution in [0.2, 0.25) is 0 Å². The number of alkyl halides is 2. The number of halogens is 2. The Labute approximate surface area is 103 Å². The highest BCUT2D eigenvalue weighted by Crippen LogP contribution is 2.47. The number of rotatable bonds is 3. The largest absolute Gasteiger partial charge is 0.547 e. The van der Waals surface area contributed by atoms with Crippen LogP contribution in [0.3, 0.4) is 0 Å². The summed E-state index contributed by atoms with van der Waals surface area (Å²) in [5.74, 6) is -5.67. The smallest absolute Gasteiger partial charge is 0.248 e. The van der Waals surface area contributed by atoms with E-state index >= 15 is 0 Å². The molecule has 1 N–H and O–H groups in total. The molecule has 1 aromatic rings. The van der Waals surface area contributed by atoms with Crippen molar-refractivity contribution in [1.82, 2.24) is 0 Å². The fraction of sp³-hybridized carbons (Fsp3) is 0.462. The van der Waals surface area contributed by atoms with E-state index in [-0.39, 0.29) is 12.0 Å². The predicted molar refractivity (Wildman–Crippen MR) is 57.6 cm³/mol. The minimum atomic E-state index is -2.91. The molecule has 1 aromatic carbocycles. The van der Waals surface area contributed by atoms with Crippen LogP contribution in [0.15, 0.2) is 30.3 Å². The van der Waals surface area contributed by atoms with Crippen LogP contribution >= 0.6 is 0 Å². The van der Waals surface area contributed by atoms with Crippen molar-refractivity contribution in [3.05, 3.63) is 35.9 Å². The summed E-state index contributed by atoms with van der Waals surface area (Å²) >= 11 is 0. The average Bonchev–Trinajstić information content (AvgIpc) is 2.70. The summed E-state index contributed by atoms with van der Waals surface area (Å²) in [5, 5.41) is 21.5. The van der Waals surface area contributed by atoms with Crippen LogP contribution in [-0.4, -0.2) is 17.0 Å². The van der Waals surface area contributed by atoms with Gasteiger partial charge in [0, 0.05) is 18.8 Å². The van der Waals surface area contributed by atoms with Gasteiger partial charge in [-0.1, -0.05) is 30.3 Å². The summed E-state index contributed by atoms with van der Waals surface area (Å²) in [4.78, 5) is 11.2. The van der Waals surface area contributed by atoms with Crippen LogP contribution in [0.1, 0.15) is 24.8 Å². The highest BCUT2D eigenvalue weighted by molar-refractivity contribution is 5.77. The minimum absolute atomic E-state index is 0.0353. The van der Waals surface area contributed by atoms with Crippen molar-refractivity contribution in [2.45, 2.75) is 30.8 Å². The molecular formula is C13H13F2O3-. The second kappa shape index (κ2) is 4.31. The summed E-state index contributed by atoms with van der Waals surface area (Å²) in [7, 11) is 0. The van der Waals surface area contributed by atoms with Crippen molar-refractivity contribution in [3.63, 3.8) is 0 Å². The van der Waals surface area contributed by atoms with Crippen molar-refractivity contribution in [3.8, 4) is 0 Å². The van der Waals surface area contributed by atoms with Crippen molar-refractivity contribution in [2.75, 3.05) is 0 Å². The monoisotopic (exact) mass is 255 g/mol. The lowest BCUT2D eigenvalue weighted by Crippen LogP contribution is -2.50. The molecule has 0 heterocycles. The zero-order chi connectivity index (χ0) is 13.4. The Bertz CT molecular complexity index is 447. The molecule has 18 heavy (non-hydrogen) atoms. The van der Waals surface area contributed by atoms with Crippen LogP contribution in [0.25, 0.3) is 0 Å². The second-order valence-corrected chi connectivity index (χ2v) is 4.72. The summed E-state index contributed by atoms with van der Waals surface area (Å²) in [6, 6.07) is 7.58. The lowest BCUT2D eigenvalue weighted by molar-refractivity contribution is -0.330. The van der Waals surface area contributed by atoms with Gasteiger partial charge in [0.15, 0.2) is 0 Å². The molecule has 0 radical (unpaired) electrons. The lowest BCUT2D eigenvalue weighted by atomic mass is 9.80. The van der Waals surface area contributed by atoms with Gasteiger partial charge in [-0.3, -0.25) is 0 Å². The number of carbonyl (C=O) groups is 1. The fourth-order valence-electron chi connectivity index (χ4n) is 2.52. The van der Waals surface area contributed by atoms with Gasteiger partial charge in [-0.2, -0.15) is 0 Å². The third-order valence-corrected chi connectivity index (χ3v) is 3.52. The normalized spacial score (nSPS) is 25.6. The van der Waals surface area contributed by atoms with E-state index in [1.807, 2.05) is 0 Å². The Morgan fingerprint density at radius 3 is 2.44 bits per heavy atom. The molecule has 0 amide bonds. The molecule has 2 rings (SSSR count). The molecule has 2 atom stereocenters. The van der Waals surface area contributed by atoms with Gasteiger partial charge >= 0.3 is 0 Å². The highest BCUT2D eigenvalue weighted by atomic mass is 19.3. The maximum atomic E-state index is 13.2. The maximum absolute atomic E-state index is 13.2. The third-order valence-electron chi connectivity index (χ3n) is 3.52. The van der Waals surface area contributed by atoms with Crippen LogP contribution in [0, 0.1) is 5.92 Å². The molecule has 0 saturated heterocycles. The molecule has 0 spiro atoms. The van der Waals surface area contributed by atoms with E-state index in [0.717, 1.165) is 0 Å². The van der Waals surface area contributed by atoms with Gasteiger partial charge in [0.2, 0.25) is 5.92 Å². The van der Waals surface area contributed by atoms with E-state index in [4.69, 9.17) is 0 Å². The number of carboxylic acid groups (broad SMARTS) is 1. The Morgan fingerprint density at radius 2 is 2.00 bits per heavy atom. The Morgan fingerprint density at radius 1 is 1.39 bits per heavy atom. The first-order chi connectivity index (χ1) is 8.36. The number of hydrogen-bond donors (Lipinski definition) is 1. The Kier molecular flexibility index (Phi) is 3.11. The zero-order valence-corrected chi connectivity index (χ0v) is 9.61. The molecule has 0 aromatic heterocycles. The third kappa shape index (κ3) is 2.10. The lowest BCUT2D eigenvalue weighted by Gasteiger charge is -2.35. The van der Waals surface area contributed by atoms with Crippen LogP contribution in [0.5, 0.6) is 0 Å². The van der Waals surface area contributed by atoms with E-state index < -0.39 is 36.3 Å². The van der Waals surface area contributed by atoms with Crippen molar-refractivity contribution >= 4 is 5.97 Å². The first-order valence-electron chi connectivity index (χ1n) is 5.73. The molecule has 1 aliphatic carbocycles. The van der Waals surface area contributed by atoms with Gasteiger partial charge in [0.25, 0.3) is 0 Å². The second-order valence-electron chi connectivity index (χ2n) is 4.72. The van der Waals surface area contributed by atoms with E-state index in [9.17, 15) is 23.8 Å². The first kappa shape index (κ1) is 13.0. The summed E-state index contributed by atoms with van der Waals surface area (Å²) in [5.41, 5.74) is -2.26. The summed E-state index contributed by atoms with van der Waals surface area (Å²) in [6.45, 7) is 0. The number of carbonyl (C=O) groups excluding carboxylic acids is 1. The molecule has 1 fully saturated rings. The maximum Gasteiger partial charge on any atom is 0.248 e. The van der Waals surface area contributed by atoms with Gasteiger partial charge in [0.05, 0.1) is 5.97 Å². The minimum Gasteiger partial charge on any atom is -0.547 e. The Balaban J connectivity index is 2.37. The van der Waals surface area contributed by atoms with E-state index in [1.165, 1.54) is 12.1 Å². The summed E-state index contributed by atoms with van der Waals surface area (Å²) in [6.07, 6.45) is -1.07.